The number of hydrogen-bond acceptors (Lipinski definition) is 4. The summed E-state index contributed by atoms with van der Waals surface area (Å²) in [7, 11) is -0.372. The summed E-state index contributed by atoms with van der Waals surface area (Å²) < 4.78 is 51.2. The summed E-state index contributed by atoms with van der Waals surface area (Å²) in [4.78, 5) is 16.3. The van der Waals surface area contributed by atoms with Crippen molar-refractivity contribution in [2.45, 2.75) is 57.3 Å². The van der Waals surface area contributed by atoms with Crippen molar-refractivity contribution in [3.8, 4) is 11.3 Å². The summed E-state index contributed by atoms with van der Waals surface area (Å²) in [5.41, 5.74) is 1.11. The van der Waals surface area contributed by atoms with E-state index in [0.717, 1.165) is 17.1 Å². The number of hydrogen-bond donors (Lipinski definition) is 2. The van der Waals surface area contributed by atoms with Gasteiger partial charge < -0.3 is 24.5 Å². The summed E-state index contributed by atoms with van der Waals surface area (Å²) in [6, 6.07) is 5.93. The van der Waals surface area contributed by atoms with Gasteiger partial charge in [-0.05, 0) is 39.8 Å². The normalized spacial score (nSPS) is 21.1. The van der Waals surface area contributed by atoms with Gasteiger partial charge >= 0.3 is 19.3 Å². The summed E-state index contributed by atoms with van der Waals surface area (Å²) >= 11 is 0. The highest BCUT2D eigenvalue weighted by molar-refractivity contribution is 6.48. The lowest BCUT2D eigenvalue weighted by Gasteiger charge is -2.32. The molecular weight excluding hydrogens is 436 g/mol. The predicted molar refractivity (Wildman–Crippen MR) is 120 cm³/mol. The van der Waals surface area contributed by atoms with Crippen molar-refractivity contribution in [3.05, 3.63) is 42.4 Å². The van der Waals surface area contributed by atoms with E-state index >= 15 is 0 Å². The molecule has 2 amide bonds. The molecule has 176 valence electrons. The smallest absolute Gasteiger partial charge is 0.403 e. The van der Waals surface area contributed by atoms with E-state index in [4.69, 9.17) is 9.31 Å². The van der Waals surface area contributed by atoms with E-state index in [-0.39, 0.29) is 12.9 Å². The summed E-state index contributed by atoms with van der Waals surface area (Å²) in [6.07, 6.45) is 1.85. The Balaban J connectivity index is 1.47. The Bertz CT molecular complexity index is 1070. The number of benzene rings is 1. The van der Waals surface area contributed by atoms with Crippen LogP contribution in [0.2, 0.25) is 5.82 Å². The molecule has 0 saturated carbocycles. The number of carbonyl (C=O) groups is 1. The number of aromatic nitrogens is 2. The topological polar surface area (TPSA) is 77.4 Å². The molecule has 3 heterocycles. The summed E-state index contributed by atoms with van der Waals surface area (Å²) in [5.74, 6) is 0.854. The average Bonchev–Trinajstić information content (AvgIpc) is 3.23. The number of nitrogens with zero attached hydrogens (tertiary/aromatic N) is 2. The molecule has 2 N–H and O–H groups in total. The predicted octanol–water partition coefficient (Wildman–Crippen LogP) is 4.72. The number of carbonyl (C=O) groups excluding carboxylic acids is 1. The lowest BCUT2D eigenvalue weighted by atomic mass is 9.69. The Morgan fingerprint density at radius 2 is 1.94 bits per heavy atom. The first-order valence-electron chi connectivity index (χ1n) is 10.7. The van der Waals surface area contributed by atoms with Crippen LogP contribution in [0.15, 0.2) is 36.5 Å². The van der Waals surface area contributed by atoms with Crippen LogP contribution in [0.25, 0.3) is 17.5 Å². The van der Waals surface area contributed by atoms with Crippen LogP contribution in [-0.4, -0.2) is 46.6 Å². The van der Waals surface area contributed by atoms with Gasteiger partial charge in [-0.1, -0.05) is 18.2 Å². The van der Waals surface area contributed by atoms with Crippen LogP contribution in [0.5, 0.6) is 0 Å². The minimum atomic E-state index is -4.47. The molecule has 1 aromatic carbocycles. The monoisotopic (exact) mass is 462 g/mol. The van der Waals surface area contributed by atoms with E-state index in [1.807, 2.05) is 50.6 Å². The highest BCUT2D eigenvalue weighted by atomic mass is 19.4. The van der Waals surface area contributed by atoms with E-state index in [2.05, 4.69) is 10.3 Å². The molecule has 7 nitrogen and oxygen atoms in total. The van der Waals surface area contributed by atoms with Gasteiger partial charge in [-0.3, -0.25) is 0 Å². The summed E-state index contributed by atoms with van der Waals surface area (Å²) in [6.45, 7) is 6.67. The molecule has 1 saturated heterocycles. The van der Waals surface area contributed by atoms with Crippen molar-refractivity contribution in [2.24, 2.45) is 0 Å². The highest BCUT2D eigenvalue weighted by Crippen LogP contribution is 2.42. The molecule has 0 radical (unpaired) electrons. The Labute approximate surface area is 190 Å². The SMILES string of the molecule is CC1(C)OB(C2C=Cn3c(-c4cccc(NC(=O)NCC(F)(F)F)c4)cnc3C2)OC1(C)C. The maximum atomic E-state index is 12.3. The Hall–Kier alpha value is -2.79. The van der Waals surface area contributed by atoms with Crippen molar-refractivity contribution in [2.75, 3.05) is 11.9 Å². The van der Waals surface area contributed by atoms with Gasteiger partial charge in [0, 0.05) is 29.7 Å². The van der Waals surface area contributed by atoms with Crippen molar-refractivity contribution in [1.82, 2.24) is 14.9 Å². The van der Waals surface area contributed by atoms with Crippen LogP contribution in [0.1, 0.15) is 33.5 Å². The lowest BCUT2D eigenvalue weighted by molar-refractivity contribution is -0.122. The van der Waals surface area contributed by atoms with Crippen molar-refractivity contribution in [1.29, 1.82) is 0 Å². The zero-order valence-electron chi connectivity index (χ0n) is 18.9. The summed E-state index contributed by atoms with van der Waals surface area (Å²) in [5, 5.41) is 4.22. The number of amides is 2. The molecule has 11 heteroatoms. The maximum Gasteiger partial charge on any atom is 0.465 e. The molecule has 1 fully saturated rings. The molecule has 2 aliphatic rings. The van der Waals surface area contributed by atoms with Gasteiger partial charge in [0.2, 0.25) is 0 Å². The average molecular weight is 462 g/mol. The van der Waals surface area contributed by atoms with Gasteiger partial charge in [-0.15, -0.1) is 0 Å². The molecule has 0 aliphatic carbocycles. The minimum Gasteiger partial charge on any atom is -0.403 e. The van der Waals surface area contributed by atoms with Crippen molar-refractivity contribution in [3.63, 3.8) is 0 Å². The second-order valence-electron chi connectivity index (χ2n) is 9.27. The minimum absolute atomic E-state index is 0.0131. The fraction of sp³-hybridized carbons (Fsp3) is 0.455. The number of halogens is 3. The standard InChI is InChI=1S/C22H26BF3N4O3/c1-20(2)21(3,4)33-23(32-20)15-8-9-30-17(12-27-18(30)11-15)14-6-5-7-16(10-14)29-19(31)28-13-22(24,25)26/h5-10,12,15H,11,13H2,1-4H3,(H2,28,29,31). The lowest BCUT2D eigenvalue weighted by Crippen LogP contribution is -2.41. The Kier molecular flexibility index (Phi) is 5.82. The second kappa shape index (κ2) is 8.21. The number of rotatable bonds is 4. The van der Waals surface area contributed by atoms with Crippen LogP contribution in [0.4, 0.5) is 23.7 Å². The quantitative estimate of drug-likeness (QED) is 0.645. The van der Waals surface area contributed by atoms with Crippen LogP contribution in [-0.2, 0) is 15.7 Å². The first kappa shape index (κ1) is 23.4. The van der Waals surface area contributed by atoms with Gasteiger partial charge in [0.15, 0.2) is 0 Å². The third-order valence-electron chi connectivity index (χ3n) is 6.26. The van der Waals surface area contributed by atoms with Gasteiger partial charge in [-0.25, -0.2) is 9.78 Å². The number of nitrogens with one attached hydrogen (secondary N) is 2. The van der Waals surface area contributed by atoms with E-state index in [0.29, 0.717) is 12.1 Å². The Morgan fingerprint density at radius 3 is 2.61 bits per heavy atom. The Morgan fingerprint density at radius 1 is 1.24 bits per heavy atom. The number of anilines is 1. The molecule has 0 spiro atoms. The largest absolute Gasteiger partial charge is 0.465 e. The van der Waals surface area contributed by atoms with Gasteiger partial charge in [0.05, 0.1) is 23.1 Å². The maximum absolute atomic E-state index is 12.3. The van der Waals surface area contributed by atoms with E-state index < -0.39 is 30.0 Å². The van der Waals surface area contributed by atoms with Crippen LogP contribution in [0, 0.1) is 0 Å². The van der Waals surface area contributed by atoms with Gasteiger partial charge in [0.25, 0.3) is 0 Å². The molecule has 0 bridgehead atoms. The van der Waals surface area contributed by atoms with E-state index in [1.165, 1.54) is 0 Å². The molecule has 1 unspecified atom stereocenters. The number of alkyl halides is 3. The molecule has 1 aromatic heterocycles. The van der Waals surface area contributed by atoms with Crippen molar-refractivity contribution < 1.29 is 27.3 Å². The second-order valence-corrected chi connectivity index (χ2v) is 9.27. The fourth-order valence-corrected chi connectivity index (χ4v) is 3.77. The van der Waals surface area contributed by atoms with E-state index in [9.17, 15) is 18.0 Å². The third-order valence-corrected chi connectivity index (χ3v) is 6.26. The molecule has 1 atom stereocenters. The molecule has 33 heavy (non-hydrogen) atoms. The van der Waals surface area contributed by atoms with Crippen LogP contribution >= 0.6 is 0 Å². The zero-order valence-corrected chi connectivity index (χ0v) is 18.9. The molecular formula is C22H26BF3N4O3. The van der Waals surface area contributed by atoms with Crippen molar-refractivity contribution >= 4 is 25.0 Å². The molecule has 2 aromatic rings. The highest BCUT2D eigenvalue weighted by Gasteiger charge is 2.53. The number of allylic oxidation sites excluding steroid dienone is 1. The third kappa shape index (κ3) is 4.94. The van der Waals surface area contributed by atoms with Crippen LogP contribution < -0.4 is 10.6 Å². The zero-order chi connectivity index (χ0) is 24.0. The molecule has 2 aliphatic heterocycles. The number of urea groups is 1. The van der Waals surface area contributed by atoms with E-state index in [1.54, 1.807) is 29.7 Å². The first-order valence-corrected chi connectivity index (χ1v) is 10.7. The molecule has 4 rings (SSSR count). The number of fused-ring (bicyclic) bond motifs is 1. The fourth-order valence-electron chi connectivity index (χ4n) is 3.77. The van der Waals surface area contributed by atoms with Crippen LogP contribution in [0.3, 0.4) is 0 Å². The number of imidazole rings is 1. The first-order chi connectivity index (χ1) is 15.3. The van der Waals surface area contributed by atoms with Gasteiger partial charge in [-0.2, -0.15) is 13.2 Å². The van der Waals surface area contributed by atoms with Gasteiger partial charge in [0.1, 0.15) is 12.4 Å².